The van der Waals surface area contributed by atoms with Crippen LogP contribution in [0.1, 0.15) is 17.4 Å². The molecule has 1 aromatic heterocycles. The van der Waals surface area contributed by atoms with Gasteiger partial charge in [-0.3, -0.25) is 0 Å². The molecule has 0 saturated heterocycles. The molecule has 1 atom stereocenters. The first-order valence-corrected chi connectivity index (χ1v) is 5.86. The number of hydrogen-bond acceptors (Lipinski definition) is 3. The number of halogens is 1. The Morgan fingerprint density at radius 3 is 2.68 bits per heavy atom. The number of para-hydroxylation sites is 1. The lowest BCUT2D eigenvalue weighted by atomic mass is 10.0. The van der Waals surface area contributed by atoms with Crippen molar-refractivity contribution in [3.63, 3.8) is 0 Å². The highest BCUT2D eigenvalue weighted by Gasteiger charge is 2.18. The molecular formula is C15H12FNO2. The summed E-state index contributed by atoms with van der Waals surface area (Å²) in [5.41, 5.74) is 7.06. The standard InChI is InChI=1S/C15H12FNO2/c16-10-5-6-12(17)11(8-10)15(18)14-7-9-3-1-2-4-13(9)19-14/h1-8,15,18H,17H2. The van der Waals surface area contributed by atoms with E-state index >= 15 is 0 Å². The minimum atomic E-state index is -1.08. The molecule has 3 rings (SSSR count). The third-order valence-corrected chi connectivity index (χ3v) is 3.06. The number of aliphatic hydroxyl groups is 1. The van der Waals surface area contributed by atoms with Crippen LogP contribution in [0.4, 0.5) is 10.1 Å². The molecule has 3 aromatic rings. The van der Waals surface area contributed by atoms with Crippen LogP contribution in [0.5, 0.6) is 0 Å². The van der Waals surface area contributed by atoms with Gasteiger partial charge in [-0.2, -0.15) is 0 Å². The Balaban J connectivity index is 2.07. The quantitative estimate of drug-likeness (QED) is 0.693. The molecule has 1 unspecified atom stereocenters. The Morgan fingerprint density at radius 2 is 1.89 bits per heavy atom. The van der Waals surface area contributed by atoms with Crippen molar-refractivity contribution in [3.8, 4) is 0 Å². The molecule has 0 spiro atoms. The predicted molar refractivity (Wildman–Crippen MR) is 71.1 cm³/mol. The summed E-state index contributed by atoms with van der Waals surface area (Å²) in [4.78, 5) is 0. The smallest absolute Gasteiger partial charge is 0.139 e. The van der Waals surface area contributed by atoms with Crippen molar-refractivity contribution in [3.05, 3.63) is 65.7 Å². The van der Waals surface area contributed by atoms with E-state index in [9.17, 15) is 9.50 Å². The predicted octanol–water partition coefficient (Wildman–Crippen LogP) is 3.24. The Hall–Kier alpha value is -2.33. The van der Waals surface area contributed by atoms with E-state index in [4.69, 9.17) is 10.2 Å². The highest BCUT2D eigenvalue weighted by atomic mass is 19.1. The Bertz CT molecular complexity index is 703. The van der Waals surface area contributed by atoms with Gasteiger partial charge in [-0.15, -0.1) is 0 Å². The van der Waals surface area contributed by atoms with Gasteiger partial charge >= 0.3 is 0 Å². The Morgan fingerprint density at radius 1 is 1.11 bits per heavy atom. The molecule has 0 aliphatic carbocycles. The minimum absolute atomic E-state index is 0.305. The van der Waals surface area contributed by atoms with Crippen LogP contribution in [-0.4, -0.2) is 5.11 Å². The molecule has 3 N–H and O–H groups in total. The van der Waals surface area contributed by atoms with Crippen molar-refractivity contribution in [1.29, 1.82) is 0 Å². The zero-order valence-electron chi connectivity index (χ0n) is 10.0. The van der Waals surface area contributed by atoms with Gasteiger partial charge in [0.05, 0.1) is 0 Å². The third kappa shape index (κ3) is 2.06. The van der Waals surface area contributed by atoms with Gasteiger partial charge in [0.1, 0.15) is 23.3 Å². The largest absolute Gasteiger partial charge is 0.458 e. The van der Waals surface area contributed by atoms with Crippen LogP contribution in [0.25, 0.3) is 11.0 Å². The van der Waals surface area contributed by atoms with E-state index < -0.39 is 11.9 Å². The molecule has 0 fully saturated rings. The molecular weight excluding hydrogens is 245 g/mol. The zero-order chi connectivity index (χ0) is 13.4. The van der Waals surface area contributed by atoms with Gasteiger partial charge in [0.25, 0.3) is 0 Å². The number of anilines is 1. The lowest BCUT2D eigenvalue weighted by Gasteiger charge is -2.10. The molecule has 2 aromatic carbocycles. The van der Waals surface area contributed by atoms with Crippen LogP contribution >= 0.6 is 0 Å². The molecule has 1 heterocycles. The number of nitrogens with two attached hydrogens (primary N) is 1. The van der Waals surface area contributed by atoms with Crippen LogP contribution in [0, 0.1) is 5.82 Å². The molecule has 0 saturated carbocycles. The number of nitrogen functional groups attached to an aromatic ring is 1. The fourth-order valence-electron chi connectivity index (χ4n) is 2.07. The molecule has 0 bridgehead atoms. The van der Waals surface area contributed by atoms with E-state index in [0.29, 0.717) is 22.6 Å². The average Bonchev–Trinajstić information content (AvgIpc) is 2.84. The highest BCUT2D eigenvalue weighted by molar-refractivity contribution is 5.78. The van der Waals surface area contributed by atoms with E-state index in [1.165, 1.54) is 18.2 Å². The van der Waals surface area contributed by atoms with Crippen molar-refractivity contribution in [2.45, 2.75) is 6.10 Å². The van der Waals surface area contributed by atoms with Crippen LogP contribution in [-0.2, 0) is 0 Å². The lowest BCUT2D eigenvalue weighted by molar-refractivity contribution is 0.192. The fourth-order valence-corrected chi connectivity index (χ4v) is 2.07. The van der Waals surface area contributed by atoms with Crippen LogP contribution in [0.15, 0.2) is 52.9 Å². The topological polar surface area (TPSA) is 59.4 Å². The zero-order valence-corrected chi connectivity index (χ0v) is 10.0. The van der Waals surface area contributed by atoms with Crippen LogP contribution in [0.3, 0.4) is 0 Å². The van der Waals surface area contributed by atoms with Gasteiger partial charge in [-0.05, 0) is 30.3 Å². The van der Waals surface area contributed by atoms with Gasteiger partial charge in [0, 0.05) is 16.6 Å². The minimum Gasteiger partial charge on any atom is -0.458 e. The third-order valence-electron chi connectivity index (χ3n) is 3.06. The van der Waals surface area contributed by atoms with Crippen molar-refractivity contribution >= 4 is 16.7 Å². The second-order valence-corrected chi connectivity index (χ2v) is 4.36. The van der Waals surface area contributed by atoms with E-state index in [1.54, 1.807) is 12.1 Å². The second-order valence-electron chi connectivity index (χ2n) is 4.36. The van der Waals surface area contributed by atoms with Crippen molar-refractivity contribution in [2.24, 2.45) is 0 Å². The summed E-state index contributed by atoms with van der Waals surface area (Å²) >= 11 is 0. The molecule has 0 radical (unpaired) electrons. The Labute approximate surface area is 109 Å². The van der Waals surface area contributed by atoms with E-state index in [2.05, 4.69) is 0 Å². The Kier molecular flexibility index (Phi) is 2.72. The van der Waals surface area contributed by atoms with Gasteiger partial charge in [-0.25, -0.2) is 4.39 Å². The van der Waals surface area contributed by atoms with Crippen molar-refractivity contribution in [1.82, 2.24) is 0 Å². The van der Waals surface area contributed by atoms with Gasteiger partial charge in [-0.1, -0.05) is 18.2 Å². The molecule has 0 aliphatic rings. The fraction of sp³-hybridized carbons (Fsp3) is 0.0667. The maximum absolute atomic E-state index is 13.2. The second kappa shape index (κ2) is 4.40. The summed E-state index contributed by atoms with van der Waals surface area (Å²) in [5, 5.41) is 11.1. The SMILES string of the molecule is Nc1ccc(F)cc1C(O)c1cc2ccccc2o1. The average molecular weight is 257 g/mol. The van der Waals surface area contributed by atoms with Crippen molar-refractivity contribution < 1.29 is 13.9 Å². The lowest BCUT2D eigenvalue weighted by Crippen LogP contribution is -2.03. The molecule has 96 valence electrons. The molecule has 3 nitrogen and oxygen atoms in total. The first-order valence-electron chi connectivity index (χ1n) is 5.86. The first-order chi connectivity index (χ1) is 9.15. The molecule has 0 amide bonds. The maximum atomic E-state index is 13.2. The number of furan rings is 1. The number of aliphatic hydroxyl groups excluding tert-OH is 1. The summed E-state index contributed by atoms with van der Waals surface area (Å²) in [6.07, 6.45) is -1.08. The monoisotopic (exact) mass is 257 g/mol. The van der Waals surface area contributed by atoms with Crippen molar-refractivity contribution in [2.75, 3.05) is 5.73 Å². The summed E-state index contributed by atoms with van der Waals surface area (Å²) < 4.78 is 18.8. The maximum Gasteiger partial charge on any atom is 0.139 e. The van der Waals surface area contributed by atoms with E-state index in [-0.39, 0.29) is 0 Å². The number of rotatable bonds is 2. The van der Waals surface area contributed by atoms with Gasteiger partial charge in [0.15, 0.2) is 0 Å². The van der Waals surface area contributed by atoms with Gasteiger partial charge < -0.3 is 15.3 Å². The number of fused-ring (bicyclic) bond motifs is 1. The van der Waals surface area contributed by atoms with Gasteiger partial charge in [0.2, 0.25) is 0 Å². The highest BCUT2D eigenvalue weighted by Crippen LogP contribution is 2.31. The summed E-state index contributed by atoms with van der Waals surface area (Å²) in [6.45, 7) is 0. The van der Waals surface area contributed by atoms with Crippen LogP contribution in [0.2, 0.25) is 0 Å². The molecule has 0 aliphatic heterocycles. The normalized spacial score (nSPS) is 12.7. The number of hydrogen-bond donors (Lipinski definition) is 2. The summed E-state index contributed by atoms with van der Waals surface area (Å²) in [6, 6.07) is 13.0. The van der Waals surface area contributed by atoms with E-state index in [0.717, 1.165) is 5.39 Å². The molecule has 4 heteroatoms. The van der Waals surface area contributed by atoms with E-state index in [1.807, 2.05) is 18.2 Å². The summed E-state index contributed by atoms with van der Waals surface area (Å²) in [5.74, 6) is -0.0992. The summed E-state index contributed by atoms with van der Waals surface area (Å²) in [7, 11) is 0. The number of benzene rings is 2. The molecule has 19 heavy (non-hydrogen) atoms. The first kappa shape index (κ1) is 11.7. The van der Waals surface area contributed by atoms with Crippen LogP contribution < -0.4 is 5.73 Å².